The third-order valence-corrected chi connectivity index (χ3v) is 7.48. The number of thiazole rings is 1. The van der Waals surface area contributed by atoms with Crippen molar-refractivity contribution in [2.45, 2.75) is 45.6 Å². The van der Waals surface area contributed by atoms with E-state index in [-0.39, 0.29) is 11.1 Å². The standard InChI is InChI=1S/C26H33N5O3S/c1-2-31-25(33)23(35-26(31)22(16-27)24(32)29-17-19-9-10-19)18-28-20-7-6-8-21(15-20)34-14-13-30-11-4-3-5-12-30/h6-8,15,18-19,28H,2-5,9-14,17H2,1H3,(H,29,32)/b23-18+,26-22-. The minimum absolute atomic E-state index is 0.0154. The molecule has 0 spiro atoms. The first kappa shape index (κ1) is 25.0. The number of nitriles is 1. The van der Waals surface area contributed by atoms with Gasteiger partial charge in [-0.1, -0.05) is 12.5 Å². The Labute approximate surface area is 209 Å². The highest BCUT2D eigenvalue weighted by Gasteiger charge is 2.23. The van der Waals surface area contributed by atoms with E-state index in [0.29, 0.717) is 34.8 Å². The van der Waals surface area contributed by atoms with Crippen molar-refractivity contribution in [2.24, 2.45) is 5.92 Å². The van der Waals surface area contributed by atoms with Crippen LogP contribution in [0, 0.1) is 17.2 Å². The summed E-state index contributed by atoms with van der Waals surface area (Å²) in [6, 6.07) is 9.63. The smallest absolute Gasteiger partial charge is 0.270 e. The van der Waals surface area contributed by atoms with Crippen LogP contribution < -0.4 is 30.1 Å². The van der Waals surface area contributed by atoms with Crippen molar-refractivity contribution >= 4 is 34.7 Å². The molecule has 1 saturated carbocycles. The highest BCUT2D eigenvalue weighted by molar-refractivity contribution is 7.07. The minimum Gasteiger partial charge on any atom is -0.492 e. The van der Waals surface area contributed by atoms with E-state index in [4.69, 9.17) is 4.74 Å². The first-order chi connectivity index (χ1) is 17.1. The molecule has 1 aromatic heterocycles. The summed E-state index contributed by atoms with van der Waals surface area (Å²) < 4.78 is 8.24. The highest BCUT2D eigenvalue weighted by Crippen LogP contribution is 2.27. The van der Waals surface area contributed by atoms with Crippen molar-refractivity contribution in [1.29, 1.82) is 5.26 Å². The van der Waals surface area contributed by atoms with Crippen LogP contribution in [0.2, 0.25) is 0 Å². The average molecular weight is 496 g/mol. The Morgan fingerprint density at radius 3 is 2.80 bits per heavy atom. The largest absolute Gasteiger partial charge is 0.492 e. The molecule has 186 valence electrons. The Hall–Kier alpha value is -3.09. The topological polar surface area (TPSA) is 99.4 Å². The van der Waals surface area contributed by atoms with Crippen LogP contribution in [0.25, 0.3) is 11.8 Å². The van der Waals surface area contributed by atoms with Crippen molar-refractivity contribution in [3.63, 3.8) is 0 Å². The predicted molar refractivity (Wildman–Crippen MR) is 139 cm³/mol. The number of aromatic nitrogens is 1. The normalized spacial score (nSPS) is 17.5. The fourth-order valence-electron chi connectivity index (χ4n) is 4.14. The van der Waals surface area contributed by atoms with Crippen molar-refractivity contribution in [1.82, 2.24) is 14.8 Å². The quantitative estimate of drug-likeness (QED) is 0.522. The molecule has 0 atom stereocenters. The number of benzene rings is 1. The first-order valence-corrected chi connectivity index (χ1v) is 13.2. The Kier molecular flexibility index (Phi) is 8.61. The lowest BCUT2D eigenvalue weighted by atomic mass is 10.1. The second-order valence-corrected chi connectivity index (χ2v) is 10.1. The van der Waals surface area contributed by atoms with Crippen LogP contribution >= 0.6 is 11.3 Å². The molecule has 0 radical (unpaired) electrons. The van der Waals surface area contributed by atoms with Crippen molar-refractivity contribution < 1.29 is 9.53 Å². The second-order valence-electron chi connectivity index (χ2n) is 9.03. The minimum atomic E-state index is -0.420. The zero-order chi connectivity index (χ0) is 24.6. The lowest BCUT2D eigenvalue weighted by Crippen LogP contribution is -2.35. The number of ether oxygens (including phenoxy) is 1. The molecule has 1 aromatic carbocycles. The summed E-state index contributed by atoms with van der Waals surface area (Å²) in [5.74, 6) is 0.857. The molecule has 9 heteroatoms. The van der Waals surface area contributed by atoms with Gasteiger partial charge in [0.05, 0.1) is 0 Å². The molecule has 1 saturated heterocycles. The molecule has 2 aliphatic rings. The molecule has 4 rings (SSSR count). The van der Waals surface area contributed by atoms with Gasteiger partial charge in [0.15, 0.2) is 5.57 Å². The fraction of sp³-hybridized carbons (Fsp3) is 0.500. The maximum atomic E-state index is 12.9. The second kappa shape index (κ2) is 12.0. The summed E-state index contributed by atoms with van der Waals surface area (Å²) in [7, 11) is 0. The van der Waals surface area contributed by atoms with E-state index in [9.17, 15) is 14.9 Å². The van der Waals surface area contributed by atoms with E-state index < -0.39 is 5.91 Å². The number of carbonyl (C=O) groups is 1. The van der Waals surface area contributed by atoms with Crippen LogP contribution in [0.5, 0.6) is 5.75 Å². The molecule has 1 amide bonds. The first-order valence-electron chi connectivity index (χ1n) is 12.4. The van der Waals surface area contributed by atoms with Crippen LogP contribution in [-0.4, -0.2) is 48.2 Å². The Bertz CT molecular complexity index is 1250. The lowest BCUT2D eigenvalue weighted by molar-refractivity contribution is -0.115. The van der Waals surface area contributed by atoms with Crippen LogP contribution in [0.15, 0.2) is 29.1 Å². The van der Waals surface area contributed by atoms with Crippen molar-refractivity contribution in [3.8, 4) is 11.8 Å². The molecule has 2 aromatic rings. The van der Waals surface area contributed by atoms with E-state index in [1.165, 1.54) is 23.8 Å². The SMILES string of the molecule is CCn1c(=O)/c(=C\Nc2cccc(OCCN3CCCCC3)c2)s/c1=C(/C#N)C(=O)NCC1CC1. The van der Waals surface area contributed by atoms with Crippen molar-refractivity contribution in [2.75, 3.05) is 38.1 Å². The van der Waals surface area contributed by atoms with Gasteiger partial charge in [0.2, 0.25) is 0 Å². The van der Waals surface area contributed by atoms with E-state index in [1.54, 1.807) is 6.20 Å². The molecule has 0 bridgehead atoms. The van der Waals surface area contributed by atoms with Gasteiger partial charge in [-0.25, -0.2) is 0 Å². The summed E-state index contributed by atoms with van der Waals surface area (Å²) in [6.45, 7) is 6.62. The van der Waals surface area contributed by atoms with Gasteiger partial charge in [-0.05, 0) is 63.7 Å². The number of nitrogens with zero attached hydrogens (tertiary/aromatic N) is 3. The molecule has 2 heterocycles. The highest BCUT2D eigenvalue weighted by atomic mass is 32.1. The third kappa shape index (κ3) is 6.74. The fourth-order valence-corrected chi connectivity index (χ4v) is 5.22. The summed E-state index contributed by atoms with van der Waals surface area (Å²) in [4.78, 5) is 28.0. The van der Waals surface area contributed by atoms with Crippen LogP contribution in [0.3, 0.4) is 0 Å². The number of amides is 1. The maximum Gasteiger partial charge on any atom is 0.270 e. The molecule has 2 fully saturated rings. The number of anilines is 1. The predicted octanol–water partition coefficient (Wildman–Crippen LogP) is 1.84. The van der Waals surface area contributed by atoms with Crippen molar-refractivity contribution in [3.05, 3.63) is 43.8 Å². The van der Waals surface area contributed by atoms with Gasteiger partial charge in [-0.15, -0.1) is 11.3 Å². The zero-order valence-electron chi connectivity index (χ0n) is 20.2. The van der Waals surface area contributed by atoms with Gasteiger partial charge < -0.3 is 15.4 Å². The van der Waals surface area contributed by atoms with Crippen LogP contribution in [0.4, 0.5) is 5.69 Å². The van der Waals surface area contributed by atoms with Crippen LogP contribution in [-0.2, 0) is 11.3 Å². The summed E-state index contributed by atoms with van der Waals surface area (Å²) in [5.41, 5.74) is 0.555. The summed E-state index contributed by atoms with van der Waals surface area (Å²) >= 11 is 1.15. The van der Waals surface area contributed by atoms with E-state index in [0.717, 1.165) is 55.2 Å². The molecule has 1 aliphatic heterocycles. The number of rotatable bonds is 10. The molecule has 0 unspecified atom stereocenters. The van der Waals surface area contributed by atoms with Crippen LogP contribution in [0.1, 0.15) is 39.0 Å². The summed E-state index contributed by atoms with van der Waals surface area (Å²) in [5, 5.41) is 15.6. The van der Waals surface area contributed by atoms with Gasteiger partial charge >= 0.3 is 0 Å². The Morgan fingerprint density at radius 2 is 2.09 bits per heavy atom. The molecule has 1 aliphatic carbocycles. The average Bonchev–Trinajstić information content (AvgIpc) is 3.66. The monoisotopic (exact) mass is 495 g/mol. The molecular weight excluding hydrogens is 462 g/mol. The number of nitrogens with one attached hydrogen (secondary N) is 2. The number of hydrogen-bond acceptors (Lipinski definition) is 7. The van der Waals surface area contributed by atoms with Gasteiger partial charge in [-0.2, -0.15) is 5.26 Å². The van der Waals surface area contributed by atoms with Gasteiger partial charge in [0.25, 0.3) is 11.5 Å². The number of hydrogen-bond donors (Lipinski definition) is 2. The van der Waals surface area contributed by atoms with E-state index >= 15 is 0 Å². The molecule has 8 nitrogen and oxygen atoms in total. The van der Waals surface area contributed by atoms with Gasteiger partial charge in [0, 0.05) is 37.6 Å². The van der Waals surface area contributed by atoms with Gasteiger partial charge in [0.1, 0.15) is 27.6 Å². The number of piperidine rings is 1. The van der Waals surface area contributed by atoms with E-state index in [2.05, 4.69) is 15.5 Å². The Balaban J connectivity index is 1.47. The maximum absolute atomic E-state index is 12.9. The van der Waals surface area contributed by atoms with Gasteiger partial charge in [-0.3, -0.25) is 19.1 Å². The molecular formula is C26H33N5O3S. The molecule has 2 N–H and O–H groups in total. The molecule has 35 heavy (non-hydrogen) atoms. The zero-order valence-corrected chi connectivity index (χ0v) is 21.0. The number of carbonyl (C=O) groups excluding carboxylic acids is 1. The lowest BCUT2D eigenvalue weighted by Gasteiger charge is -2.26. The Morgan fingerprint density at radius 1 is 1.29 bits per heavy atom. The third-order valence-electron chi connectivity index (χ3n) is 6.35. The van der Waals surface area contributed by atoms with E-state index in [1.807, 2.05) is 37.3 Å². The summed E-state index contributed by atoms with van der Waals surface area (Å²) in [6.07, 6.45) is 7.69. The number of likely N-dealkylation sites (tertiary alicyclic amines) is 1.